The maximum absolute atomic E-state index is 9.64. The topological polar surface area (TPSA) is 59.9 Å². The van der Waals surface area contributed by atoms with Crippen molar-refractivity contribution in [2.75, 3.05) is 39.8 Å². The molecule has 1 aliphatic heterocycles. The fourth-order valence-corrected chi connectivity index (χ4v) is 3.43. The number of aliphatic imine (C=N–C) groups is 1. The van der Waals surface area contributed by atoms with Crippen LogP contribution < -0.4 is 10.6 Å². The van der Waals surface area contributed by atoms with Gasteiger partial charge in [0.15, 0.2) is 5.96 Å². The number of rotatable bonds is 8. The number of likely N-dealkylation sites (tertiary alicyclic amines) is 1. The van der Waals surface area contributed by atoms with E-state index in [2.05, 4.69) is 39.6 Å². The fourth-order valence-electron chi connectivity index (χ4n) is 3.43. The van der Waals surface area contributed by atoms with Gasteiger partial charge in [-0.25, -0.2) is 0 Å². The first-order valence-corrected chi connectivity index (χ1v) is 9.59. The molecule has 1 aliphatic rings. The molecule has 1 heterocycles. The van der Waals surface area contributed by atoms with Crippen LogP contribution in [0.1, 0.15) is 44.1 Å². The molecule has 5 heteroatoms. The Labute approximate surface area is 152 Å². The Morgan fingerprint density at radius 2 is 2.08 bits per heavy atom. The largest absolute Gasteiger partial charge is 0.396 e. The van der Waals surface area contributed by atoms with Gasteiger partial charge in [0, 0.05) is 38.6 Å². The van der Waals surface area contributed by atoms with Crippen LogP contribution in [0.25, 0.3) is 0 Å². The number of nitrogens with one attached hydrogen (secondary N) is 2. The first-order chi connectivity index (χ1) is 12.2. The summed E-state index contributed by atoms with van der Waals surface area (Å²) in [6.07, 6.45) is 5.16. The van der Waals surface area contributed by atoms with Crippen LogP contribution in [0.15, 0.2) is 35.3 Å². The van der Waals surface area contributed by atoms with Crippen molar-refractivity contribution in [2.24, 2.45) is 4.99 Å². The predicted molar refractivity (Wildman–Crippen MR) is 105 cm³/mol. The first-order valence-electron chi connectivity index (χ1n) is 9.59. The summed E-state index contributed by atoms with van der Waals surface area (Å²) in [5.74, 6) is 0.884. The quantitative estimate of drug-likeness (QED) is 0.384. The summed E-state index contributed by atoms with van der Waals surface area (Å²) in [7, 11) is 1.79. The Morgan fingerprint density at radius 3 is 2.76 bits per heavy atom. The van der Waals surface area contributed by atoms with E-state index in [0.29, 0.717) is 6.54 Å². The van der Waals surface area contributed by atoms with E-state index >= 15 is 0 Å². The normalized spacial score (nSPS) is 20.3. The molecule has 0 bridgehead atoms. The van der Waals surface area contributed by atoms with E-state index in [4.69, 9.17) is 0 Å². The number of benzene rings is 1. The summed E-state index contributed by atoms with van der Waals surface area (Å²) < 4.78 is 0. The Bertz CT molecular complexity index is 506. The van der Waals surface area contributed by atoms with E-state index < -0.39 is 0 Å². The van der Waals surface area contributed by atoms with Crippen LogP contribution in [0.5, 0.6) is 0 Å². The van der Waals surface area contributed by atoms with Gasteiger partial charge in [-0.3, -0.25) is 4.99 Å². The summed E-state index contributed by atoms with van der Waals surface area (Å²) >= 11 is 0. The van der Waals surface area contributed by atoms with Gasteiger partial charge in [-0.2, -0.15) is 0 Å². The zero-order valence-electron chi connectivity index (χ0n) is 15.7. The van der Waals surface area contributed by atoms with Crippen LogP contribution in [0.3, 0.4) is 0 Å². The van der Waals surface area contributed by atoms with Gasteiger partial charge in [0.25, 0.3) is 0 Å². The van der Waals surface area contributed by atoms with E-state index in [1.807, 2.05) is 18.2 Å². The number of aliphatic hydroxyl groups excluding tert-OH is 1. The highest BCUT2D eigenvalue weighted by molar-refractivity contribution is 5.79. The SMILES string of the molecule is CN=C(NCCCN1CCCCC1C)NCC(CO)c1ccccc1. The van der Waals surface area contributed by atoms with Crippen LogP contribution in [0.2, 0.25) is 0 Å². The van der Waals surface area contributed by atoms with Gasteiger partial charge in [0.1, 0.15) is 0 Å². The molecule has 1 aromatic rings. The Morgan fingerprint density at radius 1 is 1.28 bits per heavy atom. The van der Waals surface area contributed by atoms with Crippen molar-refractivity contribution < 1.29 is 5.11 Å². The second kappa shape index (κ2) is 11.1. The number of hydrogen-bond donors (Lipinski definition) is 3. The third-order valence-electron chi connectivity index (χ3n) is 5.09. The number of aliphatic hydroxyl groups is 1. The molecule has 0 saturated carbocycles. The lowest BCUT2D eigenvalue weighted by Crippen LogP contribution is -2.42. The minimum Gasteiger partial charge on any atom is -0.396 e. The fraction of sp³-hybridized carbons (Fsp3) is 0.650. The number of piperidine rings is 1. The second-order valence-electron chi connectivity index (χ2n) is 6.90. The van der Waals surface area contributed by atoms with E-state index in [1.54, 1.807) is 7.05 Å². The van der Waals surface area contributed by atoms with Crippen molar-refractivity contribution in [1.82, 2.24) is 15.5 Å². The molecule has 25 heavy (non-hydrogen) atoms. The Hall–Kier alpha value is -1.59. The molecule has 1 aromatic carbocycles. The van der Waals surface area contributed by atoms with Gasteiger partial charge >= 0.3 is 0 Å². The molecule has 2 atom stereocenters. The zero-order chi connectivity index (χ0) is 17.9. The number of guanidine groups is 1. The molecule has 2 unspecified atom stereocenters. The summed E-state index contributed by atoms with van der Waals surface area (Å²) in [5.41, 5.74) is 1.15. The monoisotopic (exact) mass is 346 g/mol. The summed E-state index contributed by atoms with van der Waals surface area (Å²) in [6.45, 7) is 6.44. The molecule has 0 radical (unpaired) electrons. The van der Waals surface area contributed by atoms with Crippen LogP contribution in [0.4, 0.5) is 0 Å². The second-order valence-corrected chi connectivity index (χ2v) is 6.90. The molecule has 0 aliphatic carbocycles. The molecule has 1 fully saturated rings. The third kappa shape index (κ3) is 6.67. The smallest absolute Gasteiger partial charge is 0.191 e. The first kappa shape index (κ1) is 19.7. The lowest BCUT2D eigenvalue weighted by molar-refractivity contribution is 0.159. The minimum atomic E-state index is 0.0777. The van der Waals surface area contributed by atoms with Crippen LogP contribution in [-0.2, 0) is 0 Å². The average molecular weight is 347 g/mol. The van der Waals surface area contributed by atoms with E-state index in [-0.39, 0.29) is 12.5 Å². The summed E-state index contributed by atoms with van der Waals surface area (Å²) in [5, 5.41) is 16.4. The molecule has 1 saturated heterocycles. The molecular weight excluding hydrogens is 312 g/mol. The van der Waals surface area contributed by atoms with E-state index in [9.17, 15) is 5.11 Å². The highest BCUT2D eigenvalue weighted by Crippen LogP contribution is 2.16. The van der Waals surface area contributed by atoms with Gasteiger partial charge in [-0.1, -0.05) is 36.8 Å². The molecule has 0 aromatic heterocycles. The maximum Gasteiger partial charge on any atom is 0.191 e. The molecule has 3 N–H and O–H groups in total. The van der Waals surface area contributed by atoms with Crippen LogP contribution in [-0.4, -0.2) is 61.8 Å². The highest BCUT2D eigenvalue weighted by Gasteiger charge is 2.17. The highest BCUT2D eigenvalue weighted by atomic mass is 16.3. The van der Waals surface area contributed by atoms with Crippen molar-refractivity contribution in [2.45, 2.75) is 44.6 Å². The van der Waals surface area contributed by atoms with Gasteiger partial charge in [0.2, 0.25) is 0 Å². The van der Waals surface area contributed by atoms with Crippen LogP contribution >= 0.6 is 0 Å². The number of hydrogen-bond acceptors (Lipinski definition) is 3. The molecular formula is C20H34N4O. The zero-order valence-corrected chi connectivity index (χ0v) is 15.7. The van der Waals surface area contributed by atoms with Gasteiger partial charge in [0.05, 0.1) is 6.61 Å². The molecule has 5 nitrogen and oxygen atoms in total. The third-order valence-corrected chi connectivity index (χ3v) is 5.09. The maximum atomic E-state index is 9.64. The molecule has 0 spiro atoms. The van der Waals surface area contributed by atoms with E-state index in [0.717, 1.165) is 37.1 Å². The Balaban J connectivity index is 1.68. The Kier molecular flexibility index (Phi) is 8.77. The summed E-state index contributed by atoms with van der Waals surface area (Å²) in [6, 6.07) is 10.8. The molecule has 140 valence electrons. The minimum absolute atomic E-state index is 0.0777. The van der Waals surface area contributed by atoms with Gasteiger partial charge in [-0.05, 0) is 38.3 Å². The van der Waals surface area contributed by atoms with Crippen molar-refractivity contribution in [1.29, 1.82) is 0 Å². The van der Waals surface area contributed by atoms with Crippen molar-refractivity contribution in [3.05, 3.63) is 35.9 Å². The average Bonchev–Trinajstić information content (AvgIpc) is 2.66. The van der Waals surface area contributed by atoms with Gasteiger partial charge < -0.3 is 20.6 Å². The predicted octanol–water partition coefficient (Wildman–Crippen LogP) is 2.19. The number of nitrogens with zero attached hydrogens (tertiary/aromatic N) is 2. The molecule has 2 rings (SSSR count). The van der Waals surface area contributed by atoms with Crippen LogP contribution in [0, 0.1) is 0 Å². The van der Waals surface area contributed by atoms with Gasteiger partial charge in [-0.15, -0.1) is 0 Å². The van der Waals surface area contributed by atoms with Crippen molar-refractivity contribution in [3.63, 3.8) is 0 Å². The lowest BCUT2D eigenvalue weighted by Gasteiger charge is -2.33. The lowest BCUT2D eigenvalue weighted by atomic mass is 10.0. The summed E-state index contributed by atoms with van der Waals surface area (Å²) in [4.78, 5) is 6.88. The standard InChI is InChI=1S/C20H34N4O/c1-17-9-6-7-13-24(17)14-8-12-22-20(21-2)23-15-19(16-25)18-10-4-3-5-11-18/h3-5,10-11,17,19,25H,6-9,12-16H2,1-2H3,(H2,21,22,23). The van der Waals surface area contributed by atoms with E-state index in [1.165, 1.54) is 25.8 Å². The molecule has 0 amide bonds. The van der Waals surface area contributed by atoms with Crippen molar-refractivity contribution in [3.8, 4) is 0 Å². The van der Waals surface area contributed by atoms with Crippen molar-refractivity contribution >= 4 is 5.96 Å².